The Labute approximate surface area is 129 Å². The Morgan fingerprint density at radius 1 is 1.23 bits per heavy atom. The van der Waals surface area contributed by atoms with Crippen molar-refractivity contribution in [2.75, 3.05) is 0 Å². The Balaban J connectivity index is 2.97. The summed E-state index contributed by atoms with van der Waals surface area (Å²) in [5, 5.41) is 8.88. The van der Waals surface area contributed by atoms with Crippen LogP contribution >= 0.6 is 0 Å². The molecule has 22 heavy (non-hydrogen) atoms. The number of hydrogen-bond acceptors (Lipinski definition) is 2. The molecule has 0 saturated carbocycles. The standard InChI is InChI=1S/C14H18F3NO3S/c1-14(2,3)22(21)18-9(6-13(19)20)4-8-5-11(16)12(17)7-10(8)15/h5,7,9,18H,4,6H2,1-3H3,(H,19,20)/t9-,22?/m1/s1. The molecule has 0 spiro atoms. The van der Waals surface area contributed by atoms with Crippen LogP contribution < -0.4 is 4.72 Å². The normalized spacial score (nSPS) is 14.6. The van der Waals surface area contributed by atoms with Crippen molar-refractivity contribution in [1.29, 1.82) is 0 Å². The van der Waals surface area contributed by atoms with Crippen molar-refractivity contribution in [3.63, 3.8) is 0 Å². The summed E-state index contributed by atoms with van der Waals surface area (Å²) in [4.78, 5) is 10.9. The fourth-order valence-electron chi connectivity index (χ4n) is 1.68. The highest BCUT2D eigenvalue weighted by molar-refractivity contribution is 7.84. The fraction of sp³-hybridized carbons (Fsp3) is 0.500. The van der Waals surface area contributed by atoms with Gasteiger partial charge in [0.25, 0.3) is 0 Å². The van der Waals surface area contributed by atoms with E-state index in [0.717, 1.165) is 0 Å². The number of rotatable bonds is 6. The van der Waals surface area contributed by atoms with Gasteiger partial charge in [-0.15, -0.1) is 0 Å². The molecule has 0 fully saturated rings. The number of aliphatic carboxylic acids is 1. The minimum atomic E-state index is -1.58. The third-order valence-electron chi connectivity index (χ3n) is 2.81. The van der Waals surface area contributed by atoms with Crippen LogP contribution in [-0.4, -0.2) is 26.1 Å². The Bertz CT molecular complexity index is 587. The highest BCUT2D eigenvalue weighted by Gasteiger charge is 2.25. The number of carbonyl (C=O) groups is 1. The maximum Gasteiger partial charge on any atom is 0.304 e. The SMILES string of the molecule is CC(C)(C)S(=O)N[C@@H](CC(=O)O)Cc1cc(F)c(F)cc1F. The molecule has 2 atom stereocenters. The van der Waals surface area contributed by atoms with Gasteiger partial charge in [-0.2, -0.15) is 0 Å². The first-order valence-electron chi connectivity index (χ1n) is 6.54. The molecule has 4 nitrogen and oxygen atoms in total. The third kappa shape index (κ3) is 5.42. The van der Waals surface area contributed by atoms with Gasteiger partial charge in [-0.05, 0) is 38.8 Å². The summed E-state index contributed by atoms with van der Waals surface area (Å²) in [6.07, 6.45) is -0.655. The predicted octanol–water partition coefficient (Wildman–Crippen LogP) is 2.54. The van der Waals surface area contributed by atoms with Gasteiger partial charge in [-0.3, -0.25) is 4.79 Å². The van der Waals surface area contributed by atoms with Gasteiger partial charge in [-0.25, -0.2) is 22.1 Å². The number of halogens is 3. The smallest absolute Gasteiger partial charge is 0.304 e. The van der Waals surface area contributed by atoms with Crippen LogP contribution in [0, 0.1) is 17.5 Å². The first-order valence-corrected chi connectivity index (χ1v) is 7.69. The minimum absolute atomic E-state index is 0.177. The van der Waals surface area contributed by atoms with E-state index >= 15 is 0 Å². The Kier molecular flexibility index (Phi) is 6.13. The lowest BCUT2D eigenvalue weighted by Gasteiger charge is -2.23. The Hall–Kier alpha value is -1.41. The molecule has 1 aromatic carbocycles. The van der Waals surface area contributed by atoms with Crippen LogP contribution in [0.3, 0.4) is 0 Å². The van der Waals surface area contributed by atoms with Crippen LogP contribution in [0.4, 0.5) is 13.2 Å². The summed E-state index contributed by atoms with van der Waals surface area (Å²) in [5.41, 5.74) is -0.177. The van der Waals surface area contributed by atoms with E-state index in [1.165, 1.54) is 0 Å². The van der Waals surface area contributed by atoms with Crippen molar-refractivity contribution in [2.45, 2.75) is 44.4 Å². The van der Waals surface area contributed by atoms with Crippen molar-refractivity contribution >= 4 is 17.0 Å². The van der Waals surface area contributed by atoms with Crippen molar-refractivity contribution < 1.29 is 27.3 Å². The number of carboxylic acids is 1. The molecule has 1 unspecified atom stereocenters. The average Bonchev–Trinajstić information content (AvgIpc) is 2.33. The molecule has 0 saturated heterocycles. The van der Waals surface area contributed by atoms with Gasteiger partial charge in [-0.1, -0.05) is 0 Å². The van der Waals surface area contributed by atoms with Crippen molar-refractivity contribution in [2.24, 2.45) is 0 Å². The summed E-state index contributed by atoms with van der Waals surface area (Å²) in [7, 11) is -1.58. The molecule has 0 bridgehead atoms. The highest BCUT2D eigenvalue weighted by atomic mass is 32.2. The van der Waals surface area contributed by atoms with Gasteiger partial charge in [0.1, 0.15) is 5.82 Å². The molecule has 2 N–H and O–H groups in total. The van der Waals surface area contributed by atoms with Gasteiger partial charge < -0.3 is 5.11 Å². The highest BCUT2D eigenvalue weighted by Crippen LogP contribution is 2.18. The third-order valence-corrected chi connectivity index (χ3v) is 4.47. The van der Waals surface area contributed by atoms with Gasteiger partial charge >= 0.3 is 5.97 Å². The maximum atomic E-state index is 13.6. The predicted molar refractivity (Wildman–Crippen MR) is 77.1 cm³/mol. The molecule has 0 aliphatic rings. The van der Waals surface area contributed by atoms with Crippen molar-refractivity contribution in [3.05, 3.63) is 35.1 Å². The molecule has 0 aliphatic carbocycles. The topological polar surface area (TPSA) is 66.4 Å². The Morgan fingerprint density at radius 2 is 1.77 bits per heavy atom. The van der Waals surface area contributed by atoms with E-state index in [-0.39, 0.29) is 12.0 Å². The number of carboxylic acid groups (broad SMARTS) is 1. The lowest BCUT2D eigenvalue weighted by atomic mass is 10.0. The second-order valence-electron chi connectivity index (χ2n) is 5.86. The Morgan fingerprint density at radius 3 is 2.27 bits per heavy atom. The molecule has 0 radical (unpaired) electrons. The molecule has 8 heteroatoms. The number of nitrogens with one attached hydrogen (secondary N) is 1. The van der Waals surface area contributed by atoms with Crippen molar-refractivity contribution in [1.82, 2.24) is 4.72 Å². The van der Waals surface area contributed by atoms with E-state index in [4.69, 9.17) is 5.11 Å². The van der Waals surface area contributed by atoms with Crippen LogP contribution in [0.25, 0.3) is 0 Å². The summed E-state index contributed by atoms with van der Waals surface area (Å²) >= 11 is 0. The average molecular weight is 337 g/mol. The molecule has 1 rings (SSSR count). The monoisotopic (exact) mass is 337 g/mol. The molecule has 0 aromatic heterocycles. The van der Waals surface area contributed by atoms with Crippen LogP contribution in [0.15, 0.2) is 12.1 Å². The van der Waals surface area contributed by atoms with Gasteiger partial charge in [0.05, 0.1) is 22.2 Å². The second kappa shape index (κ2) is 7.23. The van der Waals surface area contributed by atoms with E-state index < -0.39 is 51.6 Å². The maximum absolute atomic E-state index is 13.6. The zero-order valence-electron chi connectivity index (χ0n) is 12.5. The molecule has 0 aliphatic heterocycles. The fourth-order valence-corrected chi connectivity index (χ4v) is 2.50. The van der Waals surface area contributed by atoms with Crippen molar-refractivity contribution in [3.8, 4) is 0 Å². The molecule has 1 aromatic rings. The van der Waals surface area contributed by atoms with Crippen LogP contribution in [0.5, 0.6) is 0 Å². The molecular weight excluding hydrogens is 319 g/mol. The van der Waals surface area contributed by atoms with E-state index in [0.29, 0.717) is 12.1 Å². The molecule has 0 heterocycles. The second-order valence-corrected chi connectivity index (χ2v) is 7.85. The largest absolute Gasteiger partial charge is 0.481 e. The minimum Gasteiger partial charge on any atom is -0.481 e. The van der Waals surface area contributed by atoms with E-state index in [2.05, 4.69) is 4.72 Å². The van der Waals surface area contributed by atoms with E-state index in [9.17, 15) is 22.2 Å². The van der Waals surface area contributed by atoms with Gasteiger partial charge in [0.2, 0.25) is 0 Å². The quantitative estimate of drug-likeness (QED) is 0.784. The summed E-state index contributed by atoms with van der Waals surface area (Å²) < 4.78 is 53.7. The van der Waals surface area contributed by atoms with Crippen LogP contribution in [0.1, 0.15) is 32.8 Å². The van der Waals surface area contributed by atoms with E-state index in [1.54, 1.807) is 20.8 Å². The lowest BCUT2D eigenvalue weighted by Crippen LogP contribution is -2.42. The van der Waals surface area contributed by atoms with Crippen LogP contribution in [-0.2, 0) is 22.2 Å². The zero-order valence-corrected chi connectivity index (χ0v) is 13.3. The summed E-state index contributed by atoms with van der Waals surface area (Å²) in [6, 6.07) is 0.210. The molecular formula is C14H18F3NO3S. The zero-order chi connectivity index (χ0) is 17.1. The number of benzene rings is 1. The summed E-state index contributed by atoms with van der Waals surface area (Å²) in [5.74, 6) is -4.69. The molecule has 0 amide bonds. The lowest BCUT2D eigenvalue weighted by molar-refractivity contribution is -0.137. The van der Waals surface area contributed by atoms with Crippen LogP contribution in [0.2, 0.25) is 0 Å². The first-order chi connectivity index (χ1) is 10.0. The number of hydrogen-bond donors (Lipinski definition) is 2. The van der Waals surface area contributed by atoms with Gasteiger partial charge in [0, 0.05) is 12.1 Å². The van der Waals surface area contributed by atoms with E-state index in [1.807, 2.05) is 0 Å². The van der Waals surface area contributed by atoms with Gasteiger partial charge in [0.15, 0.2) is 11.6 Å². The first kappa shape index (κ1) is 18.6. The molecule has 124 valence electrons. The summed E-state index contributed by atoms with van der Waals surface area (Å²) in [6.45, 7) is 5.06.